The number of halogens is 1. The summed E-state index contributed by atoms with van der Waals surface area (Å²) in [6, 6.07) is 17.3. The molecule has 3 rings (SSSR count). The lowest BCUT2D eigenvalue weighted by Gasteiger charge is -2.11. The quantitative estimate of drug-likeness (QED) is 0.583. The van der Waals surface area contributed by atoms with Gasteiger partial charge in [0.15, 0.2) is 5.78 Å². The first-order valence-corrected chi connectivity index (χ1v) is 7.25. The largest absolute Gasteiger partial charge is 0.289 e. The molecule has 0 aliphatic rings. The van der Waals surface area contributed by atoms with Gasteiger partial charge in [-0.05, 0) is 42.5 Å². The molecule has 3 aromatic carbocycles. The average Bonchev–Trinajstić information content (AvgIpc) is 2.47. The Morgan fingerprint density at radius 3 is 2.10 bits per heavy atom. The van der Waals surface area contributed by atoms with E-state index in [0.29, 0.717) is 10.6 Å². The molecule has 21 heavy (non-hydrogen) atoms. The number of benzene rings is 3. The van der Waals surface area contributed by atoms with Crippen molar-refractivity contribution in [3.63, 3.8) is 0 Å². The first-order chi connectivity index (χ1) is 10.1. The molecule has 0 heterocycles. The van der Waals surface area contributed by atoms with Gasteiger partial charge >= 0.3 is 0 Å². The van der Waals surface area contributed by atoms with Gasteiger partial charge in [-0.1, -0.05) is 54.1 Å². The first kappa shape index (κ1) is 13.8. The number of fused-ring (bicyclic) bond motifs is 1. The van der Waals surface area contributed by atoms with Crippen molar-refractivity contribution in [3.8, 4) is 0 Å². The molecule has 2 heteroatoms. The normalized spacial score (nSPS) is 10.8. The molecule has 0 N–H and O–H groups in total. The van der Waals surface area contributed by atoms with Crippen LogP contribution in [0.25, 0.3) is 10.8 Å². The highest BCUT2D eigenvalue weighted by atomic mass is 35.5. The van der Waals surface area contributed by atoms with Gasteiger partial charge in [0.2, 0.25) is 0 Å². The predicted octanol–water partition coefficient (Wildman–Crippen LogP) is 5.34. The minimum absolute atomic E-state index is 0.0541. The average molecular weight is 295 g/mol. The molecular weight excluding hydrogens is 280 g/mol. The minimum atomic E-state index is 0.0541. The third-order valence-corrected chi connectivity index (χ3v) is 4.15. The number of hydrogen-bond donors (Lipinski definition) is 0. The molecule has 1 nitrogen and oxygen atoms in total. The molecule has 0 saturated carbocycles. The van der Waals surface area contributed by atoms with E-state index in [1.165, 1.54) is 0 Å². The van der Waals surface area contributed by atoms with Gasteiger partial charge in [-0.3, -0.25) is 4.79 Å². The lowest BCUT2D eigenvalue weighted by atomic mass is 9.92. The van der Waals surface area contributed by atoms with Gasteiger partial charge in [-0.25, -0.2) is 0 Å². The topological polar surface area (TPSA) is 17.1 Å². The standard InChI is InChI=1S/C19H15ClO/c1-12-6-5-7-13(2)18(12)19(21)16-10-11-17(20)15-9-4-3-8-14(15)16/h3-11H,1-2H3. The molecule has 0 aliphatic carbocycles. The van der Waals surface area contributed by atoms with Crippen LogP contribution in [-0.2, 0) is 0 Å². The first-order valence-electron chi connectivity index (χ1n) is 6.88. The number of carbonyl (C=O) groups is 1. The van der Waals surface area contributed by atoms with Crippen LogP contribution in [0.3, 0.4) is 0 Å². The Morgan fingerprint density at radius 1 is 0.810 bits per heavy atom. The summed E-state index contributed by atoms with van der Waals surface area (Å²) in [7, 11) is 0. The number of ketones is 1. The van der Waals surface area contributed by atoms with E-state index in [2.05, 4.69) is 0 Å². The highest BCUT2D eigenvalue weighted by molar-refractivity contribution is 6.36. The fourth-order valence-electron chi connectivity index (χ4n) is 2.77. The van der Waals surface area contributed by atoms with E-state index in [0.717, 1.165) is 27.5 Å². The third kappa shape index (κ3) is 2.34. The van der Waals surface area contributed by atoms with E-state index in [-0.39, 0.29) is 5.78 Å². The Labute approximate surface area is 129 Å². The van der Waals surface area contributed by atoms with Crippen molar-refractivity contribution in [3.05, 3.63) is 81.9 Å². The van der Waals surface area contributed by atoms with Crippen LogP contribution in [0, 0.1) is 13.8 Å². The zero-order valence-corrected chi connectivity index (χ0v) is 12.7. The number of aryl methyl sites for hydroxylation is 2. The number of rotatable bonds is 2. The lowest BCUT2D eigenvalue weighted by molar-refractivity contribution is 0.103. The zero-order chi connectivity index (χ0) is 15.0. The minimum Gasteiger partial charge on any atom is -0.289 e. The summed E-state index contributed by atoms with van der Waals surface area (Å²) in [6.45, 7) is 3.94. The Bertz CT molecular complexity index is 829. The van der Waals surface area contributed by atoms with Crippen molar-refractivity contribution in [1.29, 1.82) is 0 Å². The van der Waals surface area contributed by atoms with Crippen molar-refractivity contribution < 1.29 is 4.79 Å². The van der Waals surface area contributed by atoms with Gasteiger partial charge in [-0.2, -0.15) is 0 Å². The van der Waals surface area contributed by atoms with Crippen LogP contribution in [0.2, 0.25) is 5.02 Å². The molecule has 0 bridgehead atoms. The van der Waals surface area contributed by atoms with E-state index in [1.807, 2.05) is 62.4 Å². The maximum absolute atomic E-state index is 13.0. The second-order valence-corrected chi connectivity index (χ2v) is 5.64. The molecule has 0 aliphatic heterocycles. The molecule has 0 unspecified atom stereocenters. The van der Waals surface area contributed by atoms with E-state index < -0.39 is 0 Å². The SMILES string of the molecule is Cc1cccc(C)c1C(=O)c1ccc(Cl)c2ccccc12. The van der Waals surface area contributed by atoms with E-state index in [9.17, 15) is 4.79 Å². The van der Waals surface area contributed by atoms with Crippen molar-refractivity contribution in [2.45, 2.75) is 13.8 Å². The Kier molecular flexibility index (Phi) is 3.52. The molecule has 104 valence electrons. The summed E-state index contributed by atoms with van der Waals surface area (Å²) in [5, 5.41) is 2.48. The summed E-state index contributed by atoms with van der Waals surface area (Å²) in [5.74, 6) is 0.0541. The Balaban J connectivity index is 2.26. The van der Waals surface area contributed by atoms with Crippen LogP contribution in [0.5, 0.6) is 0 Å². The highest BCUT2D eigenvalue weighted by Gasteiger charge is 2.17. The van der Waals surface area contributed by atoms with Crippen molar-refractivity contribution in [2.75, 3.05) is 0 Å². The van der Waals surface area contributed by atoms with Gasteiger partial charge in [-0.15, -0.1) is 0 Å². The van der Waals surface area contributed by atoms with Crippen LogP contribution in [0.15, 0.2) is 54.6 Å². The van der Waals surface area contributed by atoms with Gasteiger partial charge in [0.25, 0.3) is 0 Å². The molecular formula is C19H15ClO. The van der Waals surface area contributed by atoms with Gasteiger partial charge in [0, 0.05) is 21.5 Å². The van der Waals surface area contributed by atoms with Crippen LogP contribution >= 0.6 is 11.6 Å². The summed E-state index contributed by atoms with van der Waals surface area (Å²) in [6.07, 6.45) is 0. The lowest BCUT2D eigenvalue weighted by Crippen LogP contribution is -2.07. The Morgan fingerprint density at radius 2 is 1.43 bits per heavy atom. The van der Waals surface area contributed by atoms with E-state index in [4.69, 9.17) is 11.6 Å². The van der Waals surface area contributed by atoms with Crippen molar-refractivity contribution in [1.82, 2.24) is 0 Å². The predicted molar refractivity (Wildman–Crippen MR) is 88.3 cm³/mol. The highest BCUT2D eigenvalue weighted by Crippen LogP contribution is 2.29. The van der Waals surface area contributed by atoms with E-state index >= 15 is 0 Å². The molecule has 0 atom stereocenters. The van der Waals surface area contributed by atoms with Crippen LogP contribution in [0.4, 0.5) is 0 Å². The summed E-state index contributed by atoms with van der Waals surface area (Å²) < 4.78 is 0. The molecule has 0 aromatic heterocycles. The summed E-state index contributed by atoms with van der Waals surface area (Å²) in [5.41, 5.74) is 3.48. The summed E-state index contributed by atoms with van der Waals surface area (Å²) >= 11 is 6.23. The summed E-state index contributed by atoms with van der Waals surface area (Å²) in [4.78, 5) is 13.0. The van der Waals surface area contributed by atoms with Gasteiger partial charge in [0.05, 0.1) is 0 Å². The van der Waals surface area contributed by atoms with Crippen LogP contribution < -0.4 is 0 Å². The van der Waals surface area contributed by atoms with Gasteiger partial charge < -0.3 is 0 Å². The molecule has 0 amide bonds. The molecule has 0 spiro atoms. The van der Waals surface area contributed by atoms with Crippen molar-refractivity contribution in [2.24, 2.45) is 0 Å². The van der Waals surface area contributed by atoms with Gasteiger partial charge in [0.1, 0.15) is 0 Å². The molecule has 3 aromatic rings. The fraction of sp³-hybridized carbons (Fsp3) is 0.105. The monoisotopic (exact) mass is 294 g/mol. The Hall–Kier alpha value is -2.12. The van der Waals surface area contributed by atoms with Crippen LogP contribution in [0.1, 0.15) is 27.0 Å². The number of hydrogen-bond acceptors (Lipinski definition) is 1. The maximum atomic E-state index is 13.0. The second-order valence-electron chi connectivity index (χ2n) is 5.24. The number of carbonyl (C=O) groups excluding carboxylic acids is 1. The smallest absolute Gasteiger partial charge is 0.194 e. The second kappa shape index (κ2) is 5.34. The molecule has 0 fully saturated rings. The van der Waals surface area contributed by atoms with Crippen LogP contribution in [-0.4, -0.2) is 5.78 Å². The maximum Gasteiger partial charge on any atom is 0.194 e. The molecule has 0 radical (unpaired) electrons. The van der Waals surface area contributed by atoms with E-state index in [1.54, 1.807) is 6.07 Å². The third-order valence-electron chi connectivity index (χ3n) is 3.82. The van der Waals surface area contributed by atoms with Crippen molar-refractivity contribution >= 4 is 28.2 Å². The molecule has 0 saturated heterocycles. The fourth-order valence-corrected chi connectivity index (χ4v) is 3.00. The zero-order valence-electron chi connectivity index (χ0n) is 12.0.